The number of hydrogen-bond acceptors (Lipinski definition) is 3. The number of anilines is 1. The molecule has 0 fully saturated rings. The topological polar surface area (TPSA) is 58.6 Å². The third-order valence-corrected chi connectivity index (χ3v) is 2.15. The Hall–Kier alpha value is -1.55. The molecule has 1 aromatic rings. The lowest BCUT2D eigenvalue weighted by molar-refractivity contribution is 0.131. The molecule has 0 spiro atoms. The standard InChI is InChI=1S/C12H17NO3/c1-9(2)10-3-5-11(6-4-10)13-12(15)16-8-7-14/h3-6,9,14H,7-8H2,1-2H3,(H,13,15). The first-order valence-electron chi connectivity index (χ1n) is 5.28. The zero-order valence-corrected chi connectivity index (χ0v) is 9.56. The molecular formula is C12H17NO3. The molecule has 0 aliphatic rings. The maximum absolute atomic E-state index is 11.1. The molecule has 0 saturated heterocycles. The van der Waals surface area contributed by atoms with E-state index in [1.807, 2.05) is 24.3 Å². The lowest BCUT2D eigenvalue weighted by Gasteiger charge is -2.08. The van der Waals surface area contributed by atoms with Crippen LogP contribution in [0.3, 0.4) is 0 Å². The van der Waals surface area contributed by atoms with Gasteiger partial charge >= 0.3 is 6.09 Å². The molecule has 1 amide bonds. The largest absolute Gasteiger partial charge is 0.447 e. The SMILES string of the molecule is CC(C)c1ccc(NC(=O)OCCO)cc1. The first-order chi connectivity index (χ1) is 7.63. The highest BCUT2D eigenvalue weighted by Crippen LogP contribution is 2.17. The molecule has 0 saturated carbocycles. The second-order valence-electron chi connectivity index (χ2n) is 3.76. The third-order valence-electron chi connectivity index (χ3n) is 2.15. The molecule has 88 valence electrons. The van der Waals surface area contributed by atoms with Gasteiger partial charge in [-0.15, -0.1) is 0 Å². The monoisotopic (exact) mass is 223 g/mol. The van der Waals surface area contributed by atoms with E-state index in [2.05, 4.69) is 23.9 Å². The summed E-state index contributed by atoms with van der Waals surface area (Å²) in [4.78, 5) is 11.1. The van der Waals surface area contributed by atoms with Crippen LogP contribution in [-0.2, 0) is 4.74 Å². The number of amides is 1. The van der Waals surface area contributed by atoms with Gasteiger partial charge in [-0.3, -0.25) is 5.32 Å². The Labute approximate surface area is 95.2 Å². The van der Waals surface area contributed by atoms with Gasteiger partial charge in [0.15, 0.2) is 0 Å². The van der Waals surface area contributed by atoms with Crippen LogP contribution >= 0.6 is 0 Å². The number of rotatable bonds is 4. The molecule has 1 rings (SSSR count). The fourth-order valence-electron chi connectivity index (χ4n) is 1.24. The van der Waals surface area contributed by atoms with E-state index in [1.54, 1.807) is 0 Å². The van der Waals surface area contributed by atoms with Gasteiger partial charge in [-0.05, 0) is 23.6 Å². The summed E-state index contributed by atoms with van der Waals surface area (Å²) in [5.74, 6) is 0.468. The lowest BCUT2D eigenvalue weighted by atomic mass is 10.0. The smallest absolute Gasteiger partial charge is 0.411 e. The molecule has 0 aliphatic heterocycles. The van der Waals surface area contributed by atoms with Crippen molar-refractivity contribution in [3.05, 3.63) is 29.8 Å². The van der Waals surface area contributed by atoms with Crippen molar-refractivity contribution in [1.29, 1.82) is 0 Å². The predicted octanol–water partition coefficient (Wildman–Crippen LogP) is 2.35. The van der Waals surface area contributed by atoms with Crippen LogP contribution in [0.25, 0.3) is 0 Å². The highest BCUT2D eigenvalue weighted by atomic mass is 16.6. The van der Waals surface area contributed by atoms with Crippen LogP contribution in [0.5, 0.6) is 0 Å². The molecule has 16 heavy (non-hydrogen) atoms. The Morgan fingerprint density at radius 1 is 1.38 bits per heavy atom. The Morgan fingerprint density at radius 3 is 2.50 bits per heavy atom. The van der Waals surface area contributed by atoms with E-state index in [9.17, 15) is 4.79 Å². The lowest BCUT2D eigenvalue weighted by Crippen LogP contribution is -2.15. The molecule has 0 heterocycles. The van der Waals surface area contributed by atoms with Gasteiger partial charge in [0.2, 0.25) is 0 Å². The first kappa shape index (κ1) is 12.5. The van der Waals surface area contributed by atoms with Crippen LogP contribution in [0.2, 0.25) is 0 Å². The third kappa shape index (κ3) is 3.90. The zero-order chi connectivity index (χ0) is 12.0. The van der Waals surface area contributed by atoms with Crippen molar-refractivity contribution in [1.82, 2.24) is 0 Å². The van der Waals surface area contributed by atoms with E-state index in [-0.39, 0.29) is 13.2 Å². The van der Waals surface area contributed by atoms with Gasteiger partial charge in [0.25, 0.3) is 0 Å². The van der Waals surface area contributed by atoms with Crippen LogP contribution < -0.4 is 5.32 Å². The summed E-state index contributed by atoms with van der Waals surface area (Å²) in [5, 5.41) is 11.0. The molecule has 0 atom stereocenters. The average Bonchev–Trinajstić information content (AvgIpc) is 2.27. The molecule has 0 aromatic heterocycles. The molecule has 4 heteroatoms. The number of ether oxygens (including phenoxy) is 1. The maximum atomic E-state index is 11.1. The molecule has 4 nitrogen and oxygen atoms in total. The van der Waals surface area contributed by atoms with E-state index in [0.29, 0.717) is 11.6 Å². The summed E-state index contributed by atoms with van der Waals surface area (Å²) in [6, 6.07) is 7.59. The van der Waals surface area contributed by atoms with Gasteiger partial charge in [0, 0.05) is 5.69 Å². The molecule has 0 bridgehead atoms. The number of hydrogen-bond donors (Lipinski definition) is 2. The molecule has 2 N–H and O–H groups in total. The maximum Gasteiger partial charge on any atom is 0.411 e. The minimum absolute atomic E-state index is 0.00983. The summed E-state index contributed by atoms with van der Waals surface area (Å²) < 4.78 is 4.67. The second kappa shape index (κ2) is 6.12. The van der Waals surface area contributed by atoms with Gasteiger partial charge in [-0.25, -0.2) is 4.79 Å². The van der Waals surface area contributed by atoms with E-state index in [4.69, 9.17) is 5.11 Å². The van der Waals surface area contributed by atoms with Crippen molar-refractivity contribution in [3.8, 4) is 0 Å². The minimum Gasteiger partial charge on any atom is -0.447 e. The number of aliphatic hydroxyl groups is 1. The van der Waals surface area contributed by atoms with Crippen LogP contribution in [-0.4, -0.2) is 24.4 Å². The summed E-state index contributed by atoms with van der Waals surface area (Å²) >= 11 is 0. The number of carbonyl (C=O) groups excluding carboxylic acids is 1. The molecule has 0 aliphatic carbocycles. The first-order valence-corrected chi connectivity index (χ1v) is 5.28. The molecule has 0 unspecified atom stereocenters. The van der Waals surface area contributed by atoms with Gasteiger partial charge < -0.3 is 9.84 Å². The highest BCUT2D eigenvalue weighted by molar-refractivity contribution is 5.84. The van der Waals surface area contributed by atoms with E-state index in [1.165, 1.54) is 5.56 Å². The quantitative estimate of drug-likeness (QED) is 0.823. The second-order valence-corrected chi connectivity index (χ2v) is 3.76. The molecule has 1 aromatic carbocycles. The van der Waals surface area contributed by atoms with Crippen molar-refractivity contribution in [3.63, 3.8) is 0 Å². The predicted molar refractivity (Wildman–Crippen MR) is 62.6 cm³/mol. The zero-order valence-electron chi connectivity index (χ0n) is 9.56. The summed E-state index contributed by atoms with van der Waals surface area (Å²) in [6.07, 6.45) is -0.550. The number of benzene rings is 1. The summed E-state index contributed by atoms with van der Waals surface area (Å²) in [6.45, 7) is 4.06. The average molecular weight is 223 g/mol. The van der Waals surface area contributed by atoms with E-state index < -0.39 is 6.09 Å². The van der Waals surface area contributed by atoms with Gasteiger partial charge in [0.1, 0.15) is 6.61 Å². The van der Waals surface area contributed by atoms with Crippen molar-refractivity contribution in [2.24, 2.45) is 0 Å². The minimum atomic E-state index is -0.550. The van der Waals surface area contributed by atoms with E-state index in [0.717, 1.165) is 0 Å². The Kier molecular flexibility index (Phi) is 4.79. The Morgan fingerprint density at radius 2 is 2.00 bits per heavy atom. The van der Waals surface area contributed by atoms with Crippen LogP contribution in [0.15, 0.2) is 24.3 Å². The number of aliphatic hydroxyl groups excluding tert-OH is 1. The van der Waals surface area contributed by atoms with Gasteiger partial charge in [-0.2, -0.15) is 0 Å². The normalized spacial score (nSPS) is 10.2. The van der Waals surface area contributed by atoms with Crippen molar-refractivity contribution >= 4 is 11.8 Å². The number of nitrogens with one attached hydrogen (secondary N) is 1. The van der Waals surface area contributed by atoms with Gasteiger partial charge in [0.05, 0.1) is 6.61 Å². The summed E-state index contributed by atoms with van der Waals surface area (Å²) in [5.41, 5.74) is 1.90. The highest BCUT2D eigenvalue weighted by Gasteiger charge is 2.03. The van der Waals surface area contributed by atoms with Crippen LogP contribution in [0.1, 0.15) is 25.3 Å². The van der Waals surface area contributed by atoms with Crippen molar-refractivity contribution in [2.75, 3.05) is 18.5 Å². The number of carbonyl (C=O) groups is 1. The Balaban J connectivity index is 2.51. The summed E-state index contributed by atoms with van der Waals surface area (Å²) in [7, 11) is 0. The Bertz CT molecular complexity index is 333. The van der Waals surface area contributed by atoms with E-state index >= 15 is 0 Å². The molecule has 0 radical (unpaired) electrons. The van der Waals surface area contributed by atoms with Crippen LogP contribution in [0, 0.1) is 0 Å². The van der Waals surface area contributed by atoms with Crippen molar-refractivity contribution in [2.45, 2.75) is 19.8 Å². The fourth-order valence-corrected chi connectivity index (χ4v) is 1.24. The fraction of sp³-hybridized carbons (Fsp3) is 0.417. The van der Waals surface area contributed by atoms with Crippen LogP contribution in [0.4, 0.5) is 10.5 Å². The molecular weight excluding hydrogens is 206 g/mol. The van der Waals surface area contributed by atoms with Crippen molar-refractivity contribution < 1.29 is 14.6 Å². The van der Waals surface area contributed by atoms with Gasteiger partial charge in [-0.1, -0.05) is 26.0 Å².